The van der Waals surface area contributed by atoms with Gasteiger partial charge < -0.3 is 0 Å². The minimum Gasteiger partial charge on any atom is -0.211 e. The molecule has 0 heterocycles. The second-order valence-corrected chi connectivity index (χ2v) is 12.0. The Balaban J connectivity index is 2.11. The van der Waals surface area contributed by atoms with Gasteiger partial charge in [-0.2, -0.15) is 9.98 Å². The summed E-state index contributed by atoms with van der Waals surface area (Å²) in [6.07, 6.45) is 3.54. The molecule has 0 atom stereocenters. The van der Waals surface area contributed by atoms with Crippen LogP contribution in [0.5, 0.6) is 0 Å². The molecule has 6 heteroatoms. The Morgan fingerprint density at radius 1 is 0.455 bits per heavy atom. The molecular formula is C27H20N2O2P2. The summed E-state index contributed by atoms with van der Waals surface area (Å²) in [5.41, 5.74) is 0. The van der Waals surface area contributed by atoms with E-state index in [9.17, 15) is 9.59 Å². The smallest absolute Gasteiger partial charge is 0.211 e. The second-order valence-electron chi connectivity index (χ2n) is 7.02. The lowest BCUT2D eigenvalue weighted by atomic mass is 10.4. The van der Waals surface area contributed by atoms with Gasteiger partial charge in [-0.3, -0.25) is 0 Å². The molecular weight excluding hydrogens is 446 g/mol. The van der Waals surface area contributed by atoms with E-state index in [0.717, 1.165) is 21.2 Å². The molecule has 0 spiro atoms. The van der Waals surface area contributed by atoms with E-state index in [1.165, 1.54) is 0 Å². The Kier molecular flexibility index (Phi) is 7.48. The third kappa shape index (κ3) is 4.81. The molecule has 33 heavy (non-hydrogen) atoms. The van der Waals surface area contributed by atoms with Crippen molar-refractivity contribution in [1.29, 1.82) is 0 Å². The van der Waals surface area contributed by atoms with E-state index in [2.05, 4.69) is 9.98 Å². The van der Waals surface area contributed by atoms with Gasteiger partial charge in [0.25, 0.3) is 0 Å². The Morgan fingerprint density at radius 3 is 0.909 bits per heavy atom. The summed E-state index contributed by atoms with van der Waals surface area (Å²) in [5.74, 6) is 0. The largest absolute Gasteiger partial charge is 0.238 e. The molecule has 0 saturated heterocycles. The molecule has 0 aliphatic carbocycles. The first-order chi connectivity index (χ1) is 16.3. The van der Waals surface area contributed by atoms with Gasteiger partial charge in [-0.05, 0) is 21.2 Å². The van der Waals surface area contributed by atoms with E-state index in [4.69, 9.17) is 0 Å². The predicted molar refractivity (Wildman–Crippen MR) is 137 cm³/mol. The van der Waals surface area contributed by atoms with Gasteiger partial charge in [0.2, 0.25) is 17.3 Å². The van der Waals surface area contributed by atoms with E-state index in [1.54, 1.807) is 12.2 Å². The van der Waals surface area contributed by atoms with E-state index < -0.39 is 21.0 Å². The Labute approximate surface area is 195 Å². The quantitative estimate of drug-likeness (QED) is 0.218. The molecule has 0 saturated carbocycles. The molecule has 4 aromatic rings. The van der Waals surface area contributed by atoms with Crippen molar-refractivity contribution in [3.8, 4) is 0 Å². The first-order valence-electron chi connectivity index (χ1n) is 10.3. The molecule has 0 unspecified atom stereocenters. The highest BCUT2D eigenvalue weighted by atomic mass is 31.2. The van der Waals surface area contributed by atoms with E-state index >= 15 is 0 Å². The van der Waals surface area contributed by atoms with Crippen molar-refractivity contribution in [3.05, 3.63) is 121 Å². The normalized spacial score (nSPS) is 11.0. The molecule has 0 amide bonds. The van der Waals surface area contributed by atoms with Crippen LogP contribution >= 0.6 is 15.8 Å². The van der Waals surface area contributed by atoms with Crippen molar-refractivity contribution in [2.24, 2.45) is 9.98 Å². The third-order valence-corrected chi connectivity index (χ3v) is 11.1. The average molecular weight is 466 g/mol. The van der Waals surface area contributed by atoms with Crippen LogP contribution in [0.4, 0.5) is 0 Å². The Morgan fingerprint density at radius 2 is 0.697 bits per heavy atom. The maximum absolute atomic E-state index is 12.0. The van der Waals surface area contributed by atoms with Crippen LogP contribution in [0.15, 0.2) is 131 Å². The molecule has 0 bridgehead atoms. The number of isocyanates is 2. The van der Waals surface area contributed by atoms with Crippen LogP contribution < -0.4 is 21.2 Å². The fourth-order valence-corrected chi connectivity index (χ4v) is 10.4. The average Bonchev–Trinajstić information content (AvgIpc) is 2.87. The topological polar surface area (TPSA) is 58.9 Å². The summed E-state index contributed by atoms with van der Waals surface area (Å²) >= 11 is 0. The molecule has 0 aromatic heterocycles. The van der Waals surface area contributed by atoms with Crippen molar-refractivity contribution in [2.45, 2.75) is 5.15 Å². The monoisotopic (exact) mass is 466 g/mol. The fraction of sp³-hybridized carbons (Fsp3) is 0.0370. The summed E-state index contributed by atoms with van der Waals surface area (Å²) in [4.78, 5) is 32.7. The minimum absolute atomic E-state index is 0.955. The van der Waals surface area contributed by atoms with Crippen molar-refractivity contribution in [1.82, 2.24) is 0 Å². The van der Waals surface area contributed by atoms with Crippen LogP contribution in [-0.4, -0.2) is 17.3 Å². The maximum Gasteiger partial charge on any atom is 0.238 e. The predicted octanol–water partition coefficient (Wildman–Crippen LogP) is 4.54. The highest BCUT2D eigenvalue weighted by Gasteiger charge is 2.49. The zero-order valence-electron chi connectivity index (χ0n) is 17.7. The van der Waals surface area contributed by atoms with Crippen molar-refractivity contribution >= 4 is 49.2 Å². The number of hydrogen-bond acceptors (Lipinski definition) is 4. The first kappa shape index (κ1) is 22.7. The van der Waals surface area contributed by atoms with Gasteiger partial charge in [-0.25, -0.2) is 9.59 Å². The van der Waals surface area contributed by atoms with E-state index in [0.29, 0.717) is 0 Å². The molecule has 0 N–H and O–H groups in total. The molecule has 160 valence electrons. The highest BCUT2D eigenvalue weighted by Crippen LogP contribution is 2.66. The molecule has 0 aliphatic rings. The van der Waals surface area contributed by atoms with Crippen LogP contribution in [-0.2, 0) is 9.59 Å². The number of hydrogen-bond donors (Lipinski definition) is 0. The third-order valence-electron chi connectivity index (χ3n) is 5.05. The standard InChI is InChI=1S/C27H20N2O2P2/c30-21-28-27(29-22-31,32(23-13-5-1-6-14-23)24-15-7-2-8-16-24)33(25-17-9-3-10-18-25)26-19-11-4-12-20-26/h1-20H. The highest BCUT2D eigenvalue weighted by molar-refractivity contribution is 7.90. The lowest BCUT2D eigenvalue weighted by Gasteiger charge is -2.39. The number of benzene rings is 4. The Bertz CT molecular complexity index is 1090. The minimum atomic E-state index is -1.43. The number of aliphatic imine (C=N–C) groups is 2. The zero-order valence-corrected chi connectivity index (χ0v) is 19.4. The first-order valence-corrected chi connectivity index (χ1v) is 13.0. The lowest BCUT2D eigenvalue weighted by molar-refractivity contribution is 0.556. The van der Waals surface area contributed by atoms with Gasteiger partial charge in [-0.15, -0.1) is 0 Å². The van der Waals surface area contributed by atoms with Crippen LogP contribution in [0.25, 0.3) is 0 Å². The van der Waals surface area contributed by atoms with Crippen LogP contribution in [0, 0.1) is 0 Å². The van der Waals surface area contributed by atoms with Gasteiger partial charge in [0.15, 0.2) is 0 Å². The molecule has 0 radical (unpaired) electrons. The second kappa shape index (κ2) is 10.9. The lowest BCUT2D eigenvalue weighted by Crippen LogP contribution is -2.36. The maximum atomic E-state index is 12.0. The zero-order chi connectivity index (χ0) is 22.9. The Hall–Kier alpha value is -3.50. The van der Waals surface area contributed by atoms with Gasteiger partial charge in [0, 0.05) is 15.8 Å². The number of nitrogens with zero attached hydrogens (tertiary/aromatic N) is 2. The molecule has 0 fully saturated rings. The summed E-state index contributed by atoms with van der Waals surface area (Å²) in [6.45, 7) is 0. The summed E-state index contributed by atoms with van der Waals surface area (Å²) < 4.78 is 0. The number of carbonyl (C=O) groups excluding carboxylic acids is 2. The fourth-order valence-electron chi connectivity index (χ4n) is 3.75. The van der Waals surface area contributed by atoms with Gasteiger partial charge in [0.05, 0.1) is 0 Å². The molecule has 4 rings (SSSR count). The van der Waals surface area contributed by atoms with Gasteiger partial charge in [0.1, 0.15) is 0 Å². The van der Waals surface area contributed by atoms with Crippen molar-refractivity contribution in [3.63, 3.8) is 0 Å². The summed E-state index contributed by atoms with van der Waals surface area (Å²) in [5, 5.41) is 2.40. The summed E-state index contributed by atoms with van der Waals surface area (Å²) in [6, 6.07) is 39.3. The van der Waals surface area contributed by atoms with Crippen LogP contribution in [0.3, 0.4) is 0 Å². The molecule has 0 aliphatic heterocycles. The van der Waals surface area contributed by atoms with Crippen LogP contribution in [0.1, 0.15) is 0 Å². The summed E-state index contributed by atoms with van der Waals surface area (Å²) in [7, 11) is -2.85. The van der Waals surface area contributed by atoms with E-state index in [1.807, 2.05) is 121 Å². The SMILES string of the molecule is O=C=NC(N=C=O)(P(c1ccccc1)c1ccccc1)P(c1ccccc1)c1ccccc1. The van der Waals surface area contributed by atoms with Crippen molar-refractivity contribution < 1.29 is 9.59 Å². The van der Waals surface area contributed by atoms with Crippen LogP contribution in [0.2, 0.25) is 0 Å². The van der Waals surface area contributed by atoms with E-state index in [-0.39, 0.29) is 0 Å². The van der Waals surface area contributed by atoms with Gasteiger partial charge >= 0.3 is 0 Å². The molecule has 4 aromatic carbocycles. The van der Waals surface area contributed by atoms with Crippen molar-refractivity contribution in [2.75, 3.05) is 0 Å². The molecule has 4 nitrogen and oxygen atoms in total. The number of rotatable bonds is 8. The van der Waals surface area contributed by atoms with Gasteiger partial charge in [-0.1, -0.05) is 121 Å².